The number of pyridine rings is 1. The smallest absolute Gasteiger partial charge is 0.286 e. The fourth-order valence-corrected chi connectivity index (χ4v) is 4.68. The number of hydrogen-bond acceptors (Lipinski definition) is 8. The van der Waals surface area contributed by atoms with E-state index in [1.54, 1.807) is 12.1 Å². The van der Waals surface area contributed by atoms with Gasteiger partial charge in [0.25, 0.3) is 17.0 Å². The standard InChI is InChI=1S/C24H33N5O4S.2H2/c1-15(2)14-18(19(30)21-28-29-23(33-21)34-16(3)4)26-22(32)24(10-6-5-7-11-24)27-20(31)17-8-12-25-13-9-17;;/h8-9,12-13,15-16,18H,5-7,10-11,14H2,1-4H3,(H,26,32)(H,27,31);2*1H/t18-;;/m0../s1. The van der Waals surface area contributed by atoms with Gasteiger partial charge < -0.3 is 15.1 Å². The van der Waals surface area contributed by atoms with Crippen molar-refractivity contribution in [2.24, 2.45) is 5.92 Å². The normalized spacial score (nSPS) is 16.3. The largest absolute Gasteiger partial charge is 0.408 e. The molecule has 2 aromatic heterocycles. The number of hydrogen-bond donors (Lipinski definition) is 2. The third-order valence-corrected chi connectivity index (χ3v) is 6.56. The van der Waals surface area contributed by atoms with Crippen molar-refractivity contribution in [2.45, 2.75) is 88.3 Å². The van der Waals surface area contributed by atoms with E-state index in [-0.39, 0.29) is 31.7 Å². The topological polar surface area (TPSA) is 127 Å². The lowest BCUT2D eigenvalue weighted by atomic mass is 9.80. The van der Waals surface area contributed by atoms with Crippen molar-refractivity contribution < 1.29 is 21.7 Å². The highest BCUT2D eigenvalue weighted by Crippen LogP contribution is 2.30. The van der Waals surface area contributed by atoms with Gasteiger partial charge >= 0.3 is 0 Å². The predicted octanol–water partition coefficient (Wildman–Crippen LogP) is 4.30. The van der Waals surface area contributed by atoms with Gasteiger partial charge in [-0.1, -0.05) is 58.7 Å². The summed E-state index contributed by atoms with van der Waals surface area (Å²) >= 11 is 1.37. The fourth-order valence-electron chi connectivity index (χ4n) is 4.06. The molecular weight excluding hydrogens is 454 g/mol. The van der Waals surface area contributed by atoms with Crippen LogP contribution in [0, 0.1) is 5.92 Å². The summed E-state index contributed by atoms with van der Waals surface area (Å²) in [7, 11) is 0. The van der Waals surface area contributed by atoms with Crippen molar-refractivity contribution in [1.82, 2.24) is 25.8 Å². The van der Waals surface area contributed by atoms with Gasteiger partial charge in [-0.25, -0.2) is 0 Å². The molecule has 1 atom stereocenters. The number of ketones is 1. The van der Waals surface area contributed by atoms with E-state index in [0.29, 0.717) is 30.0 Å². The van der Waals surface area contributed by atoms with Crippen molar-refractivity contribution >= 4 is 29.4 Å². The van der Waals surface area contributed by atoms with Crippen molar-refractivity contribution in [3.05, 3.63) is 36.0 Å². The van der Waals surface area contributed by atoms with E-state index in [2.05, 4.69) is 25.8 Å². The zero-order valence-corrected chi connectivity index (χ0v) is 21.0. The third-order valence-electron chi connectivity index (χ3n) is 5.72. The Bertz CT molecular complexity index is 997. The first-order valence-corrected chi connectivity index (χ1v) is 12.7. The number of amides is 2. The Hall–Kier alpha value is -2.75. The SMILES string of the molecule is CC(C)C[C@H](NC(=O)C1(NC(=O)c2ccncc2)CCCCC1)C(=O)c1nnc(SC(C)C)o1.[HH].[HH]. The average molecular weight is 492 g/mol. The van der Waals surface area contributed by atoms with Crippen molar-refractivity contribution in [3.8, 4) is 0 Å². The van der Waals surface area contributed by atoms with E-state index < -0.39 is 17.4 Å². The van der Waals surface area contributed by atoms with Gasteiger partial charge in [0.15, 0.2) is 0 Å². The minimum atomic E-state index is -1.08. The molecule has 2 amide bonds. The molecule has 1 aliphatic carbocycles. The van der Waals surface area contributed by atoms with E-state index in [9.17, 15) is 14.4 Å². The van der Waals surface area contributed by atoms with E-state index >= 15 is 0 Å². The summed E-state index contributed by atoms with van der Waals surface area (Å²) in [4.78, 5) is 43.7. The molecule has 1 aliphatic rings. The lowest BCUT2D eigenvalue weighted by Crippen LogP contribution is -2.62. The zero-order valence-electron chi connectivity index (χ0n) is 20.2. The summed E-state index contributed by atoms with van der Waals surface area (Å²) in [6.45, 7) is 7.92. The number of Topliss-reactive ketones (excluding diaryl/α,β-unsaturated/α-hetero) is 1. The third kappa shape index (κ3) is 6.65. The maximum absolute atomic E-state index is 13.6. The first kappa shape index (κ1) is 25.9. The molecule has 10 heteroatoms. The monoisotopic (exact) mass is 491 g/mol. The Morgan fingerprint density at radius 3 is 2.38 bits per heavy atom. The maximum Gasteiger partial charge on any atom is 0.286 e. The van der Waals surface area contributed by atoms with Crippen LogP contribution in [0.5, 0.6) is 0 Å². The van der Waals surface area contributed by atoms with Crippen LogP contribution in [0.2, 0.25) is 0 Å². The van der Waals surface area contributed by atoms with Gasteiger partial charge in [-0.15, -0.1) is 10.2 Å². The molecule has 0 aliphatic heterocycles. The first-order chi connectivity index (χ1) is 16.2. The highest BCUT2D eigenvalue weighted by Gasteiger charge is 2.43. The second-order valence-electron chi connectivity index (χ2n) is 9.39. The number of carbonyl (C=O) groups is 3. The van der Waals surface area contributed by atoms with Crippen LogP contribution in [0.4, 0.5) is 0 Å². The van der Waals surface area contributed by atoms with Gasteiger partial charge in [0.05, 0.1) is 6.04 Å². The summed E-state index contributed by atoms with van der Waals surface area (Å²) < 4.78 is 5.56. The van der Waals surface area contributed by atoms with Crippen molar-refractivity contribution in [2.75, 3.05) is 0 Å². The highest BCUT2D eigenvalue weighted by molar-refractivity contribution is 7.99. The van der Waals surface area contributed by atoms with E-state index in [0.717, 1.165) is 19.3 Å². The molecule has 0 unspecified atom stereocenters. The Balaban J connectivity index is 0.00000324. The van der Waals surface area contributed by atoms with E-state index in [1.165, 1.54) is 24.2 Å². The molecule has 2 N–H and O–H groups in total. The molecule has 0 saturated heterocycles. The molecule has 3 rings (SSSR count). The number of aromatic nitrogens is 3. The Morgan fingerprint density at radius 1 is 1.09 bits per heavy atom. The Kier molecular flexibility index (Phi) is 8.82. The van der Waals surface area contributed by atoms with Crippen LogP contribution in [-0.4, -0.2) is 49.6 Å². The van der Waals surface area contributed by atoms with Gasteiger partial charge in [0.2, 0.25) is 11.7 Å². The number of rotatable bonds is 10. The second-order valence-corrected chi connectivity index (χ2v) is 10.9. The number of thioether (sulfide) groups is 1. The summed E-state index contributed by atoms with van der Waals surface area (Å²) in [6, 6.07) is 2.38. The maximum atomic E-state index is 13.6. The second kappa shape index (κ2) is 11.6. The van der Waals surface area contributed by atoms with Crippen LogP contribution in [0.1, 0.15) is 90.1 Å². The molecule has 188 valence electrons. The zero-order chi connectivity index (χ0) is 24.7. The number of nitrogens with one attached hydrogen (secondary N) is 2. The Labute approximate surface area is 207 Å². The summed E-state index contributed by atoms with van der Waals surface area (Å²) in [5, 5.41) is 14.3. The van der Waals surface area contributed by atoms with Crippen LogP contribution >= 0.6 is 11.8 Å². The molecule has 2 heterocycles. The van der Waals surface area contributed by atoms with Crippen molar-refractivity contribution in [3.63, 3.8) is 0 Å². The fraction of sp³-hybridized carbons (Fsp3) is 0.583. The number of carbonyl (C=O) groups excluding carboxylic acids is 3. The van der Waals surface area contributed by atoms with Crippen molar-refractivity contribution in [1.29, 1.82) is 0 Å². The molecule has 2 aromatic rings. The quantitative estimate of drug-likeness (QED) is 0.372. The average Bonchev–Trinajstić information content (AvgIpc) is 3.26. The molecule has 1 saturated carbocycles. The van der Waals surface area contributed by atoms with Gasteiger partial charge in [-0.05, 0) is 37.3 Å². The molecule has 34 heavy (non-hydrogen) atoms. The summed E-state index contributed by atoms with van der Waals surface area (Å²) in [5.41, 5.74) is -0.648. The van der Waals surface area contributed by atoms with Crippen LogP contribution < -0.4 is 10.6 Å². The van der Waals surface area contributed by atoms with E-state index in [4.69, 9.17) is 4.42 Å². The molecule has 0 bridgehead atoms. The molecular formula is C24H37N5O4S. The van der Waals surface area contributed by atoms with Gasteiger partial charge in [0, 0.05) is 26.1 Å². The van der Waals surface area contributed by atoms with Crippen LogP contribution in [0.3, 0.4) is 0 Å². The number of nitrogens with zero attached hydrogens (tertiary/aromatic N) is 3. The van der Waals surface area contributed by atoms with E-state index in [1.807, 2.05) is 27.7 Å². The molecule has 0 aromatic carbocycles. The van der Waals surface area contributed by atoms with Gasteiger partial charge in [0.1, 0.15) is 5.54 Å². The molecule has 9 nitrogen and oxygen atoms in total. The summed E-state index contributed by atoms with van der Waals surface area (Å²) in [6.07, 6.45) is 7.12. The first-order valence-electron chi connectivity index (χ1n) is 11.8. The van der Waals surface area contributed by atoms with Crippen LogP contribution in [0.15, 0.2) is 34.2 Å². The van der Waals surface area contributed by atoms with Gasteiger partial charge in [-0.3, -0.25) is 19.4 Å². The van der Waals surface area contributed by atoms with Gasteiger partial charge in [-0.2, -0.15) is 0 Å². The predicted molar refractivity (Wildman–Crippen MR) is 133 cm³/mol. The minimum Gasteiger partial charge on any atom is -0.408 e. The molecule has 0 spiro atoms. The lowest BCUT2D eigenvalue weighted by molar-refractivity contribution is -0.129. The van der Waals surface area contributed by atoms with Crippen LogP contribution in [0.25, 0.3) is 0 Å². The summed E-state index contributed by atoms with van der Waals surface area (Å²) in [5.74, 6) is -1.09. The van der Waals surface area contributed by atoms with Crippen LogP contribution in [-0.2, 0) is 4.79 Å². The Morgan fingerprint density at radius 2 is 1.76 bits per heavy atom. The minimum absolute atomic E-state index is 0. The molecule has 0 radical (unpaired) electrons. The molecule has 1 fully saturated rings. The lowest BCUT2D eigenvalue weighted by Gasteiger charge is -2.37. The highest BCUT2D eigenvalue weighted by atomic mass is 32.2.